The predicted molar refractivity (Wildman–Crippen MR) is 108 cm³/mol. The van der Waals surface area contributed by atoms with E-state index in [9.17, 15) is 8.42 Å². The molecule has 1 aliphatic rings. The fourth-order valence-electron chi connectivity index (χ4n) is 3.23. The Morgan fingerprint density at radius 1 is 1.15 bits per heavy atom. The number of nitrogens with zero attached hydrogens (tertiary/aromatic N) is 3. The molecule has 0 aliphatic carbocycles. The van der Waals surface area contributed by atoms with Crippen molar-refractivity contribution in [2.45, 2.75) is 11.0 Å². The van der Waals surface area contributed by atoms with Crippen molar-refractivity contribution < 1.29 is 13.2 Å². The maximum atomic E-state index is 12.0. The van der Waals surface area contributed by atoms with Crippen LogP contribution < -0.4 is 4.90 Å². The van der Waals surface area contributed by atoms with Gasteiger partial charge in [0.1, 0.15) is 18.2 Å². The highest BCUT2D eigenvalue weighted by molar-refractivity contribution is 9.10. The number of sulfone groups is 1. The van der Waals surface area contributed by atoms with Crippen LogP contribution >= 0.6 is 15.9 Å². The van der Waals surface area contributed by atoms with Crippen LogP contribution in [0.3, 0.4) is 0 Å². The van der Waals surface area contributed by atoms with Gasteiger partial charge in [-0.15, -0.1) is 0 Å². The SMILES string of the molecule is CS(=O)(=O)c1ccc2ncnc(N3CCOC(c4ccc(Br)cc4)C3)c2c1. The maximum absolute atomic E-state index is 12.0. The Balaban J connectivity index is 1.71. The molecule has 0 spiro atoms. The van der Waals surface area contributed by atoms with Crippen molar-refractivity contribution >= 4 is 42.5 Å². The topological polar surface area (TPSA) is 72.4 Å². The zero-order chi connectivity index (χ0) is 19.0. The number of benzene rings is 2. The van der Waals surface area contributed by atoms with E-state index in [1.54, 1.807) is 18.2 Å². The summed E-state index contributed by atoms with van der Waals surface area (Å²) in [7, 11) is -3.30. The highest BCUT2D eigenvalue weighted by Crippen LogP contribution is 2.30. The van der Waals surface area contributed by atoms with E-state index in [0.29, 0.717) is 19.7 Å². The molecule has 3 aromatic rings. The fourth-order valence-corrected chi connectivity index (χ4v) is 4.14. The van der Waals surface area contributed by atoms with Gasteiger partial charge in [0.15, 0.2) is 9.84 Å². The van der Waals surface area contributed by atoms with Gasteiger partial charge in [-0.05, 0) is 35.9 Å². The molecular formula is C19H18BrN3O3S. The van der Waals surface area contributed by atoms with Crippen LogP contribution in [-0.4, -0.2) is 44.3 Å². The average Bonchev–Trinajstić information content (AvgIpc) is 2.67. The van der Waals surface area contributed by atoms with Crippen molar-refractivity contribution in [2.75, 3.05) is 30.9 Å². The highest BCUT2D eigenvalue weighted by atomic mass is 79.9. The third-order valence-corrected chi connectivity index (χ3v) is 6.26. The lowest BCUT2D eigenvalue weighted by atomic mass is 10.1. The van der Waals surface area contributed by atoms with Gasteiger partial charge in [0.05, 0.1) is 17.0 Å². The normalized spacial score (nSPS) is 18.0. The molecule has 1 atom stereocenters. The van der Waals surface area contributed by atoms with E-state index in [4.69, 9.17) is 4.74 Å². The second-order valence-electron chi connectivity index (χ2n) is 6.51. The standard InChI is InChI=1S/C19H18BrN3O3S/c1-27(24,25)15-6-7-17-16(10-15)19(22-12-21-17)23-8-9-26-18(11-23)13-2-4-14(20)5-3-13/h2-7,10,12,18H,8-9,11H2,1H3. The number of ether oxygens (including phenoxy) is 1. The summed E-state index contributed by atoms with van der Waals surface area (Å²) in [5, 5.41) is 0.733. The van der Waals surface area contributed by atoms with Gasteiger partial charge < -0.3 is 9.64 Å². The minimum absolute atomic E-state index is 0.0741. The van der Waals surface area contributed by atoms with Gasteiger partial charge >= 0.3 is 0 Å². The minimum Gasteiger partial charge on any atom is -0.370 e. The molecule has 1 unspecified atom stereocenters. The number of hydrogen-bond acceptors (Lipinski definition) is 6. The lowest BCUT2D eigenvalue weighted by molar-refractivity contribution is 0.0396. The Morgan fingerprint density at radius 2 is 1.93 bits per heavy atom. The van der Waals surface area contributed by atoms with Crippen LogP contribution in [0.15, 0.2) is 58.2 Å². The summed E-state index contributed by atoms with van der Waals surface area (Å²) in [5.74, 6) is 0.732. The van der Waals surface area contributed by atoms with Gasteiger partial charge in [-0.1, -0.05) is 28.1 Å². The summed E-state index contributed by atoms with van der Waals surface area (Å²) in [6, 6.07) is 13.0. The molecule has 1 aromatic heterocycles. The summed E-state index contributed by atoms with van der Waals surface area (Å²) >= 11 is 3.45. The van der Waals surface area contributed by atoms with Crippen LogP contribution in [-0.2, 0) is 14.6 Å². The van der Waals surface area contributed by atoms with Crippen molar-refractivity contribution in [2.24, 2.45) is 0 Å². The van der Waals surface area contributed by atoms with Gasteiger partial charge in [-0.3, -0.25) is 0 Å². The van der Waals surface area contributed by atoms with E-state index in [1.807, 2.05) is 24.3 Å². The Bertz CT molecular complexity index is 1090. The van der Waals surface area contributed by atoms with Crippen molar-refractivity contribution in [3.05, 3.63) is 58.8 Å². The number of fused-ring (bicyclic) bond motifs is 1. The molecule has 0 radical (unpaired) electrons. The van der Waals surface area contributed by atoms with Crippen molar-refractivity contribution in [1.29, 1.82) is 0 Å². The molecule has 8 heteroatoms. The maximum Gasteiger partial charge on any atom is 0.175 e. The summed E-state index contributed by atoms with van der Waals surface area (Å²) in [6.07, 6.45) is 2.65. The largest absolute Gasteiger partial charge is 0.370 e. The highest BCUT2D eigenvalue weighted by Gasteiger charge is 2.24. The number of anilines is 1. The molecule has 0 N–H and O–H groups in total. The average molecular weight is 448 g/mol. The van der Waals surface area contributed by atoms with Gasteiger partial charge in [-0.25, -0.2) is 18.4 Å². The molecule has 4 rings (SSSR count). The Hall–Kier alpha value is -2.03. The lowest BCUT2D eigenvalue weighted by Gasteiger charge is -2.34. The quantitative estimate of drug-likeness (QED) is 0.612. The Morgan fingerprint density at radius 3 is 2.67 bits per heavy atom. The summed E-state index contributed by atoms with van der Waals surface area (Å²) in [4.78, 5) is 11.1. The molecule has 1 aliphatic heterocycles. The van der Waals surface area contributed by atoms with Crippen LogP contribution in [0, 0.1) is 0 Å². The van der Waals surface area contributed by atoms with E-state index in [0.717, 1.165) is 26.8 Å². The van der Waals surface area contributed by atoms with Crippen molar-refractivity contribution in [3.63, 3.8) is 0 Å². The molecule has 1 saturated heterocycles. The van der Waals surface area contributed by atoms with Crippen LogP contribution in [0.5, 0.6) is 0 Å². The lowest BCUT2D eigenvalue weighted by Crippen LogP contribution is -2.39. The first-order valence-corrected chi connectivity index (χ1v) is 11.2. The molecule has 140 valence electrons. The fraction of sp³-hybridized carbons (Fsp3) is 0.263. The third-order valence-electron chi connectivity index (χ3n) is 4.62. The molecule has 0 bridgehead atoms. The van der Waals surface area contributed by atoms with E-state index >= 15 is 0 Å². The summed E-state index contributed by atoms with van der Waals surface area (Å²) < 4.78 is 30.9. The second-order valence-corrected chi connectivity index (χ2v) is 9.44. The first kappa shape index (κ1) is 18.3. The Labute approximate surface area is 166 Å². The van der Waals surface area contributed by atoms with Gasteiger partial charge in [0.2, 0.25) is 0 Å². The first-order chi connectivity index (χ1) is 12.9. The number of aromatic nitrogens is 2. The molecule has 6 nitrogen and oxygen atoms in total. The molecule has 1 fully saturated rings. The smallest absolute Gasteiger partial charge is 0.175 e. The zero-order valence-corrected chi connectivity index (χ0v) is 17.1. The number of halogens is 1. The van der Waals surface area contributed by atoms with E-state index < -0.39 is 9.84 Å². The molecule has 2 heterocycles. The molecule has 2 aromatic carbocycles. The van der Waals surface area contributed by atoms with Gasteiger partial charge in [-0.2, -0.15) is 0 Å². The molecule has 0 amide bonds. The number of hydrogen-bond donors (Lipinski definition) is 0. The first-order valence-electron chi connectivity index (χ1n) is 8.49. The number of rotatable bonds is 3. The molecule has 27 heavy (non-hydrogen) atoms. The Kier molecular flexibility index (Phi) is 4.88. The van der Waals surface area contributed by atoms with E-state index in [-0.39, 0.29) is 11.0 Å². The van der Waals surface area contributed by atoms with E-state index in [2.05, 4.69) is 30.8 Å². The predicted octanol–water partition coefficient (Wildman–Crippen LogP) is 3.37. The van der Waals surface area contributed by atoms with Gasteiger partial charge in [0, 0.05) is 29.2 Å². The summed E-state index contributed by atoms with van der Waals surface area (Å²) in [5.41, 5.74) is 1.82. The van der Waals surface area contributed by atoms with Crippen LogP contribution in [0.4, 0.5) is 5.82 Å². The van der Waals surface area contributed by atoms with Gasteiger partial charge in [0.25, 0.3) is 0 Å². The van der Waals surface area contributed by atoms with Crippen LogP contribution in [0.25, 0.3) is 10.9 Å². The van der Waals surface area contributed by atoms with E-state index in [1.165, 1.54) is 12.6 Å². The minimum atomic E-state index is -3.30. The van der Waals surface area contributed by atoms with Crippen molar-refractivity contribution in [3.8, 4) is 0 Å². The third kappa shape index (κ3) is 3.83. The summed E-state index contributed by atoms with van der Waals surface area (Å²) in [6.45, 7) is 1.89. The van der Waals surface area contributed by atoms with Crippen molar-refractivity contribution in [1.82, 2.24) is 9.97 Å². The van der Waals surface area contributed by atoms with Crippen LogP contribution in [0.2, 0.25) is 0 Å². The second kappa shape index (κ2) is 7.18. The van der Waals surface area contributed by atoms with Crippen LogP contribution in [0.1, 0.15) is 11.7 Å². The number of morpholine rings is 1. The monoisotopic (exact) mass is 447 g/mol. The zero-order valence-electron chi connectivity index (χ0n) is 14.7. The molecular weight excluding hydrogens is 430 g/mol. The molecule has 0 saturated carbocycles.